The van der Waals surface area contributed by atoms with E-state index in [9.17, 15) is 5.11 Å². The highest BCUT2D eigenvalue weighted by atomic mass is 35.5. The summed E-state index contributed by atoms with van der Waals surface area (Å²) in [6.07, 6.45) is 3.93. The fraction of sp³-hybridized carbons (Fsp3) is 0.429. The molecule has 0 radical (unpaired) electrons. The Morgan fingerprint density at radius 3 is 2.48 bits per heavy atom. The Hall–Kier alpha value is -1.06. The van der Waals surface area contributed by atoms with Crippen molar-refractivity contribution < 1.29 is 5.11 Å². The van der Waals surface area contributed by atoms with Gasteiger partial charge in [-0.15, -0.1) is 12.4 Å². The van der Waals surface area contributed by atoms with Crippen LogP contribution in [-0.4, -0.2) is 29.1 Å². The largest absolute Gasteiger partial charge is 0.385 e. The normalized spacial score (nSPS) is 29.5. The van der Waals surface area contributed by atoms with Crippen molar-refractivity contribution in [3.05, 3.63) is 70.7 Å². The minimum Gasteiger partial charge on any atom is -0.385 e. The van der Waals surface area contributed by atoms with Gasteiger partial charge in [0.25, 0.3) is 0 Å². The molecular weight excluding hydrogens is 353 g/mol. The topological polar surface area (TPSA) is 23.5 Å². The summed E-state index contributed by atoms with van der Waals surface area (Å²) in [7, 11) is 0. The maximum atomic E-state index is 11.2. The van der Waals surface area contributed by atoms with Gasteiger partial charge in [0.05, 0.1) is 5.60 Å². The van der Waals surface area contributed by atoms with Gasteiger partial charge in [0.15, 0.2) is 0 Å². The fourth-order valence-corrected chi connectivity index (χ4v) is 4.79. The number of halogens is 2. The van der Waals surface area contributed by atoms with Crippen LogP contribution in [0.15, 0.2) is 54.6 Å². The molecule has 4 heteroatoms. The summed E-state index contributed by atoms with van der Waals surface area (Å²) < 4.78 is 0. The number of piperidine rings is 2. The third-order valence-electron chi connectivity index (χ3n) is 5.86. The van der Waals surface area contributed by atoms with Gasteiger partial charge < -0.3 is 5.11 Å². The van der Waals surface area contributed by atoms with E-state index in [2.05, 4.69) is 29.2 Å². The number of hydrogen-bond donors (Lipinski definition) is 1. The molecule has 2 heterocycles. The van der Waals surface area contributed by atoms with Gasteiger partial charge in [-0.25, -0.2) is 0 Å². The zero-order valence-electron chi connectivity index (χ0n) is 14.3. The highest BCUT2D eigenvalue weighted by Gasteiger charge is 2.42. The Labute approximate surface area is 161 Å². The molecule has 4 rings (SSSR count). The molecule has 3 atom stereocenters. The summed E-state index contributed by atoms with van der Waals surface area (Å²) in [6, 6.07) is 18.9. The van der Waals surface area contributed by atoms with Gasteiger partial charge in [0, 0.05) is 24.2 Å². The van der Waals surface area contributed by atoms with Crippen molar-refractivity contribution in [2.75, 3.05) is 13.1 Å². The monoisotopic (exact) mass is 377 g/mol. The molecule has 25 heavy (non-hydrogen) atoms. The Balaban J connectivity index is 0.00000182. The first kappa shape index (κ1) is 18.7. The van der Waals surface area contributed by atoms with Gasteiger partial charge in [-0.1, -0.05) is 60.1 Å². The first-order chi connectivity index (χ1) is 11.7. The number of rotatable bonds is 2. The summed E-state index contributed by atoms with van der Waals surface area (Å²) >= 11 is 6.40. The molecule has 0 amide bonds. The molecule has 2 aromatic rings. The average molecular weight is 378 g/mol. The van der Waals surface area contributed by atoms with Gasteiger partial charge in [-0.3, -0.25) is 4.90 Å². The van der Waals surface area contributed by atoms with E-state index in [4.69, 9.17) is 11.6 Å². The van der Waals surface area contributed by atoms with Crippen LogP contribution in [0.2, 0.25) is 5.02 Å². The summed E-state index contributed by atoms with van der Waals surface area (Å²) in [5.74, 6) is 0.512. The van der Waals surface area contributed by atoms with E-state index in [1.807, 2.05) is 30.3 Å². The molecule has 1 N–H and O–H groups in total. The fourth-order valence-electron chi connectivity index (χ4n) is 4.50. The Kier molecular flexibility index (Phi) is 5.75. The van der Waals surface area contributed by atoms with Crippen LogP contribution in [0.5, 0.6) is 0 Å². The van der Waals surface area contributed by atoms with E-state index in [0.717, 1.165) is 49.4 Å². The quantitative estimate of drug-likeness (QED) is 0.796. The van der Waals surface area contributed by atoms with Crippen molar-refractivity contribution in [2.24, 2.45) is 0 Å². The highest BCUT2D eigenvalue weighted by molar-refractivity contribution is 6.31. The van der Waals surface area contributed by atoms with Crippen LogP contribution in [0.25, 0.3) is 0 Å². The zero-order chi connectivity index (χ0) is 16.6. The molecule has 0 spiro atoms. The van der Waals surface area contributed by atoms with Crippen molar-refractivity contribution in [2.45, 2.75) is 43.2 Å². The number of nitrogens with zero attached hydrogens (tertiary/aromatic N) is 1. The number of hydrogen-bond acceptors (Lipinski definition) is 2. The van der Waals surface area contributed by atoms with Crippen molar-refractivity contribution >= 4 is 24.0 Å². The molecule has 0 unspecified atom stereocenters. The van der Waals surface area contributed by atoms with E-state index in [1.54, 1.807) is 0 Å². The van der Waals surface area contributed by atoms with Crippen LogP contribution in [0.3, 0.4) is 0 Å². The van der Waals surface area contributed by atoms with E-state index in [0.29, 0.717) is 12.0 Å². The molecule has 0 aliphatic carbocycles. The van der Waals surface area contributed by atoms with Gasteiger partial charge in [0.1, 0.15) is 0 Å². The SMILES string of the molecule is Cl.O[C@]1(c2ccccc2)CCN2C[C@@H](c3ccccc3Cl)CC[C@@H]2C1. The molecule has 134 valence electrons. The summed E-state index contributed by atoms with van der Waals surface area (Å²) in [5.41, 5.74) is 1.68. The van der Waals surface area contributed by atoms with E-state index < -0.39 is 5.60 Å². The van der Waals surface area contributed by atoms with Crippen molar-refractivity contribution in [3.8, 4) is 0 Å². The minimum atomic E-state index is -0.667. The lowest BCUT2D eigenvalue weighted by molar-refractivity contribution is -0.0639. The Morgan fingerprint density at radius 1 is 1.00 bits per heavy atom. The second-order valence-corrected chi connectivity index (χ2v) is 7.70. The van der Waals surface area contributed by atoms with Gasteiger partial charge in [-0.2, -0.15) is 0 Å². The second kappa shape index (κ2) is 7.67. The lowest BCUT2D eigenvalue weighted by Gasteiger charge is -2.48. The van der Waals surface area contributed by atoms with E-state index in [-0.39, 0.29) is 12.4 Å². The standard InChI is InChI=1S/C21H24ClNO.ClH/c22-20-9-5-4-8-19(20)16-10-11-18-14-21(24,12-13-23(18)15-16)17-6-2-1-3-7-17;/h1-9,16,18,24H,10-15H2;1H/t16-,18+,21+;/m0./s1. The van der Waals surface area contributed by atoms with E-state index >= 15 is 0 Å². The molecule has 0 aromatic heterocycles. The summed E-state index contributed by atoms with van der Waals surface area (Å²) in [4.78, 5) is 2.56. The van der Waals surface area contributed by atoms with Gasteiger partial charge in [0.2, 0.25) is 0 Å². The first-order valence-electron chi connectivity index (χ1n) is 8.92. The average Bonchev–Trinajstić information content (AvgIpc) is 2.62. The van der Waals surface area contributed by atoms with Crippen molar-refractivity contribution in [1.29, 1.82) is 0 Å². The molecule has 2 aromatic carbocycles. The summed E-state index contributed by atoms with van der Waals surface area (Å²) in [5, 5.41) is 12.0. The Morgan fingerprint density at radius 2 is 1.72 bits per heavy atom. The predicted octanol–water partition coefficient (Wildman–Crippen LogP) is 4.99. The first-order valence-corrected chi connectivity index (χ1v) is 9.30. The molecule has 2 aliphatic heterocycles. The lowest BCUT2D eigenvalue weighted by Crippen LogP contribution is -2.52. The lowest BCUT2D eigenvalue weighted by atomic mass is 9.76. The molecule has 2 saturated heterocycles. The molecule has 2 fully saturated rings. The Bertz CT molecular complexity index is 708. The van der Waals surface area contributed by atoms with Crippen LogP contribution < -0.4 is 0 Å². The highest BCUT2D eigenvalue weighted by Crippen LogP contribution is 2.42. The third kappa shape index (κ3) is 3.73. The smallest absolute Gasteiger partial charge is 0.0923 e. The molecular formula is C21H25Cl2NO. The molecule has 2 aliphatic rings. The van der Waals surface area contributed by atoms with Crippen LogP contribution in [0.4, 0.5) is 0 Å². The minimum absolute atomic E-state index is 0. The van der Waals surface area contributed by atoms with Gasteiger partial charge in [-0.05, 0) is 48.8 Å². The number of aliphatic hydroxyl groups is 1. The van der Waals surface area contributed by atoms with Crippen molar-refractivity contribution in [1.82, 2.24) is 4.90 Å². The predicted molar refractivity (Wildman–Crippen MR) is 106 cm³/mol. The van der Waals surface area contributed by atoms with E-state index in [1.165, 1.54) is 5.56 Å². The third-order valence-corrected chi connectivity index (χ3v) is 6.21. The molecule has 0 bridgehead atoms. The zero-order valence-corrected chi connectivity index (χ0v) is 15.8. The summed E-state index contributed by atoms with van der Waals surface area (Å²) in [6.45, 7) is 2.01. The van der Waals surface area contributed by atoms with Crippen LogP contribution >= 0.6 is 24.0 Å². The van der Waals surface area contributed by atoms with Crippen LogP contribution in [0, 0.1) is 0 Å². The molecule has 0 saturated carbocycles. The molecule has 2 nitrogen and oxygen atoms in total. The number of benzene rings is 2. The maximum Gasteiger partial charge on any atom is 0.0923 e. The maximum absolute atomic E-state index is 11.2. The van der Waals surface area contributed by atoms with Crippen LogP contribution in [-0.2, 0) is 5.60 Å². The number of fused-ring (bicyclic) bond motifs is 1. The second-order valence-electron chi connectivity index (χ2n) is 7.30. The van der Waals surface area contributed by atoms with Crippen molar-refractivity contribution in [3.63, 3.8) is 0 Å². The van der Waals surface area contributed by atoms with Gasteiger partial charge >= 0.3 is 0 Å². The van der Waals surface area contributed by atoms with Crippen LogP contribution in [0.1, 0.15) is 42.7 Å².